The van der Waals surface area contributed by atoms with Crippen molar-refractivity contribution in [3.8, 4) is 0 Å². The van der Waals surface area contributed by atoms with Crippen LogP contribution >= 0.6 is 0 Å². The van der Waals surface area contributed by atoms with Crippen LogP contribution < -0.4 is 10.9 Å². The number of rotatable bonds is 5. The van der Waals surface area contributed by atoms with Crippen LogP contribution in [0.25, 0.3) is 5.65 Å². The average molecular weight is 287 g/mol. The fraction of sp³-hybridized carbons (Fsp3) is 0.500. The van der Waals surface area contributed by atoms with Gasteiger partial charge in [0.25, 0.3) is 5.56 Å². The van der Waals surface area contributed by atoms with Gasteiger partial charge in [-0.05, 0) is 43.4 Å². The number of nitrogens with one attached hydrogen (secondary N) is 1. The summed E-state index contributed by atoms with van der Waals surface area (Å²) in [6.45, 7) is 1.75. The molecule has 0 radical (unpaired) electrons. The molecule has 1 fully saturated rings. The van der Waals surface area contributed by atoms with Crippen molar-refractivity contribution in [2.45, 2.75) is 25.8 Å². The Balaban J connectivity index is 1.64. The van der Waals surface area contributed by atoms with Crippen LogP contribution in [0.2, 0.25) is 0 Å². The van der Waals surface area contributed by atoms with Gasteiger partial charge in [-0.3, -0.25) is 9.20 Å². The van der Waals surface area contributed by atoms with Gasteiger partial charge in [0.1, 0.15) is 5.65 Å². The number of aliphatic hydroxyl groups is 1. The molecule has 0 aromatic carbocycles. The van der Waals surface area contributed by atoms with Gasteiger partial charge in [0.2, 0.25) is 0 Å². The summed E-state index contributed by atoms with van der Waals surface area (Å²) in [5.41, 5.74) is 1.40. The van der Waals surface area contributed by atoms with Gasteiger partial charge < -0.3 is 10.4 Å². The molecule has 0 aliphatic heterocycles. The van der Waals surface area contributed by atoms with Gasteiger partial charge in [-0.15, -0.1) is 0 Å². The molecule has 2 atom stereocenters. The van der Waals surface area contributed by atoms with Gasteiger partial charge in [-0.1, -0.05) is 12.5 Å². The number of hydrogen-bond donors (Lipinski definition) is 2. The summed E-state index contributed by atoms with van der Waals surface area (Å²) >= 11 is 0. The zero-order chi connectivity index (χ0) is 14.7. The van der Waals surface area contributed by atoms with E-state index in [-0.39, 0.29) is 12.2 Å². The lowest BCUT2D eigenvalue weighted by Crippen LogP contribution is -2.27. The highest BCUT2D eigenvalue weighted by molar-refractivity contribution is 5.37. The van der Waals surface area contributed by atoms with E-state index >= 15 is 0 Å². The number of nitrogens with zero attached hydrogens (tertiary/aromatic N) is 2. The molecule has 2 aromatic heterocycles. The normalized spacial score (nSPS) is 22.0. The molecule has 1 aliphatic carbocycles. The molecule has 1 saturated carbocycles. The fourth-order valence-electron chi connectivity index (χ4n) is 3.20. The van der Waals surface area contributed by atoms with Crippen LogP contribution in [0.4, 0.5) is 0 Å². The minimum Gasteiger partial charge on any atom is -0.396 e. The van der Waals surface area contributed by atoms with Gasteiger partial charge in [0.15, 0.2) is 0 Å². The van der Waals surface area contributed by atoms with Crippen molar-refractivity contribution in [3.05, 3.63) is 46.5 Å². The van der Waals surface area contributed by atoms with Crippen LogP contribution in [0.5, 0.6) is 0 Å². The molecule has 0 spiro atoms. The first-order valence-electron chi connectivity index (χ1n) is 7.57. The Morgan fingerprint density at radius 1 is 1.33 bits per heavy atom. The molecular weight excluding hydrogens is 266 g/mol. The van der Waals surface area contributed by atoms with Crippen molar-refractivity contribution in [1.29, 1.82) is 0 Å². The molecule has 0 bridgehead atoms. The highest BCUT2D eigenvalue weighted by Crippen LogP contribution is 2.30. The lowest BCUT2D eigenvalue weighted by Gasteiger charge is -2.17. The van der Waals surface area contributed by atoms with E-state index in [9.17, 15) is 9.90 Å². The second-order valence-electron chi connectivity index (χ2n) is 5.78. The number of hydrogen-bond acceptors (Lipinski definition) is 4. The van der Waals surface area contributed by atoms with Crippen molar-refractivity contribution in [1.82, 2.24) is 14.7 Å². The Kier molecular flexibility index (Phi) is 4.31. The maximum absolute atomic E-state index is 12.0. The van der Waals surface area contributed by atoms with Gasteiger partial charge in [-0.2, -0.15) is 0 Å². The standard InChI is InChI=1S/C16H21N3O2/c20-11-13-5-3-4-12(13)9-17-10-14-8-16(21)19-7-2-1-6-15(19)18-14/h1-2,6-8,12-13,17,20H,3-5,9-11H2. The lowest BCUT2D eigenvalue weighted by atomic mass is 9.97. The Labute approximate surface area is 123 Å². The first-order chi connectivity index (χ1) is 10.3. The van der Waals surface area contributed by atoms with E-state index in [4.69, 9.17) is 0 Å². The molecule has 1 aliphatic rings. The highest BCUT2D eigenvalue weighted by atomic mass is 16.3. The smallest absolute Gasteiger partial charge is 0.258 e. The molecular formula is C16H21N3O2. The van der Waals surface area contributed by atoms with Crippen molar-refractivity contribution < 1.29 is 5.11 Å². The van der Waals surface area contributed by atoms with E-state index in [2.05, 4.69) is 10.3 Å². The van der Waals surface area contributed by atoms with E-state index in [1.165, 1.54) is 12.8 Å². The minimum absolute atomic E-state index is 0.0495. The lowest BCUT2D eigenvalue weighted by molar-refractivity contribution is 0.192. The van der Waals surface area contributed by atoms with Gasteiger partial charge in [-0.25, -0.2) is 4.98 Å². The first-order valence-corrected chi connectivity index (χ1v) is 7.57. The zero-order valence-corrected chi connectivity index (χ0v) is 12.0. The Bertz CT molecular complexity index is 668. The molecule has 3 rings (SSSR count). The molecule has 0 amide bonds. The topological polar surface area (TPSA) is 66.6 Å². The zero-order valence-electron chi connectivity index (χ0n) is 12.0. The maximum atomic E-state index is 12.0. The predicted octanol–water partition coefficient (Wildman–Crippen LogP) is 1.19. The number of fused-ring (bicyclic) bond motifs is 1. The number of aromatic nitrogens is 2. The second kappa shape index (κ2) is 6.37. The Morgan fingerprint density at radius 2 is 2.19 bits per heavy atom. The summed E-state index contributed by atoms with van der Waals surface area (Å²) in [5.74, 6) is 0.962. The predicted molar refractivity (Wildman–Crippen MR) is 81.1 cm³/mol. The molecule has 2 unspecified atom stereocenters. The van der Waals surface area contributed by atoms with Crippen LogP contribution in [0.3, 0.4) is 0 Å². The Hall–Kier alpha value is -1.72. The van der Waals surface area contributed by atoms with Crippen molar-refractivity contribution in [2.75, 3.05) is 13.2 Å². The summed E-state index contributed by atoms with van der Waals surface area (Å²) in [7, 11) is 0. The number of pyridine rings is 1. The van der Waals surface area contributed by atoms with Crippen molar-refractivity contribution >= 4 is 5.65 Å². The number of aliphatic hydroxyl groups excluding tert-OH is 1. The van der Waals surface area contributed by atoms with Gasteiger partial charge in [0.05, 0.1) is 5.69 Å². The molecule has 2 heterocycles. The SMILES string of the molecule is O=c1cc(CNCC2CCCC2CO)nc2ccccn12. The quantitative estimate of drug-likeness (QED) is 0.867. The Morgan fingerprint density at radius 3 is 3.05 bits per heavy atom. The maximum Gasteiger partial charge on any atom is 0.258 e. The summed E-state index contributed by atoms with van der Waals surface area (Å²) in [6.07, 6.45) is 5.23. The van der Waals surface area contributed by atoms with E-state index in [0.29, 0.717) is 24.0 Å². The van der Waals surface area contributed by atoms with Crippen molar-refractivity contribution in [3.63, 3.8) is 0 Å². The second-order valence-corrected chi connectivity index (χ2v) is 5.78. The largest absolute Gasteiger partial charge is 0.396 e. The molecule has 2 N–H and O–H groups in total. The summed E-state index contributed by atoms with van der Waals surface area (Å²) in [6, 6.07) is 7.12. The van der Waals surface area contributed by atoms with Crippen LogP contribution in [0.1, 0.15) is 25.0 Å². The summed E-state index contributed by atoms with van der Waals surface area (Å²) in [4.78, 5) is 16.5. The monoisotopic (exact) mass is 287 g/mol. The molecule has 0 saturated heterocycles. The third kappa shape index (κ3) is 3.14. The van der Waals surface area contributed by atoms with E-state index in [0.717, 1.165) is 18.7 Å². The average Bonchev–Trinajstić information content (AvgIpc) is 2.95. The summed E-state index contributed by atoms with van der Waals surface area (Å²) in [5, 5.41) is 12.7. The first kappa shape index (κ1) is 14.2. The molecule has 2 aromatic rings. The molecule has 5 nitrogen and oxygen atoms in total. The van der Waals surface area contributed by atoms with Crippen LogP contribution in [-0.2, 0) is 6.54 Å². The van der Waals surface area contributed by atoms with E-state index in [1.54, 1.807) is 16.7 Å². The van der Waals surface area contributed by atoms with Crippen LogP contribution in [0.15, 0.2) is 35.3 Å². The third-order valence-corrected chi connectivity index (χ3v) is 4.39. The van der Waals surface area contributed by atoms with Gasteiger partial charge in [0, 0.05) is 25.4 Å². The van der Waals surface area contributed by atoms with Crippen LogP contribution in [-0.4, -0.2) is 27.6 Å². The molecule has 112 valence electrons. The molecule has 21 heavy (non-hydrogen) atoms. The third-order valence-electron chi connectivity index (χ3n) is 4.39. The summed E-state index contributed by atoms with van der Waals surface area (Å²) < 4.78 is 1.54. The van der Waals surface area contributed by atoms with E-state index in [1.807, 2.05) is 18.2 Å². The van der Waals surface area contributed by atoms with Crippen molar-refractivity contribution in [2.24, 2.45) is 11.8 Å². The highest BCUT2D eigenvalue weighted by Gasteiger charge is 2.25. The van der Waals surface area contributed by atoms with Crippen LogP contribution in [0, 0.1) is 11.8 Å². The van der Waals surface area contributed by atoms with Gasteiger partial charge >= 0.3 is 0 Å². The minimum atomic E-state index is -0.0495. The molecule has 5 heteroatoms. The fourth-order valence-corrected chi connectivity index (χ4v) is 3.20. The van der Waals surface area contributed by atoms with E-state index < -0.39 is 0 Å².